The van der Waals surface area contributed by atoms with Gasteiger partial charge in [0.1, 0.15) is 16.5 Å². The lowest BCUT2D eigenvalue weighted by atomic mass is 9.95. The highest BCUT2D eigenvalue weighted by Crippen LogP contribution is 2.34. The Hall–Kier alpha value is -1.58. The smallest absolute Gasteiger partial charge is 0.296 e. The van der Waals surface area contributed by atoms with Gasteiger partial charge >= 0.3 is 4.87 Å². The van der Waals surface area contributed by atoms with E-state index in [9.17, 15) is 22.0 Å². The Morgan fingerprint density at radius 2 is 1.79 bits per heavy atom. The molecule has 1 aromatic carbocycles. The highest BCUT2D eigenvalue weighted by molar-refractivity contribution is 7.89. The van der Waals surface area contributed by atoms with Crippen molar-refractivity contribution in [2.75, 3.05) is 0 Å². The minimum atomic E-state index is -4.36. The number of thiazole rings is 1. The summed E-state index contributed by atoms with van der Waals surface area (Å²) < 4.78 is 52.6. The molecule has 9 heteroatoms. The number of aromatic nitrogens is 1. The van der Waals surface area contributed by atoms with Crippen LogP contribution in [-0.2, 0) is 10.0 Å². The summed E-state index contributed by atoms with van der Waals surface area (Å²) in [4.78, 5) is 11.1. The van der Waals surface area contributed by atoms with Crippen LogP contribution in [0.1, 0.15) is 38.1 Å². The quantitative estimate of drug-likeness (QED) is 0.897. The van der Waals surface area contributed by atoms with Gasteiger partial charge in [0.15, 0.2) is 0 Å². The van der Waals surface area contributed by atoms with Crippen LogP contribution in [0.15, 0.2) is 27.2 Å². The molecule has 0 unspecified atom stereocenters. The molecule has 5 nitrogen and oxygen atoms in total. The maximum Gasteiger partial charge on any atom is 0.307 e. The van der Waals surface area contributed by atoms with Gasteiger partial charge < -0.3 is 0 Å². The minimum Gasteiger partial charge on any atom is -0.296 e. The fraction of sp³-hybridized carbons (Fsp3) is 0.400. The molecule has 1 aliphatic carbocycles. The molecule has 1 aromatic heterocycles. The van der Waals surface area contributed by atoms with Gasteiger partial charge in [-0.25, -0.2) is 22.3 Å². The van der Waals surface area contributed by atoms with Crippen molar-refractivity contribution in [3.63, 3.8) is 0 Å². The SMILES string of the molecule is NS(=O)(=O)c1cc(F)c(-c2csc(=O)n2C2CCCCC2)cc1F. The third kappa shape index (κ3) is 3.15. The molecule has 0 atom stereocenters. The molecule has 2 aromatic rings. The Morgan fingerprint density at radius 3 is 2.42 bits per heavy atom. The van der Waals surface area contributed by atoms with Gasteiger partial charge in [0.2, 0.25) is 10.0 Å². The second-order valence-electron chi connectivity index (χ2n) is 5.86. The monoisotopic (exact) mass is 374 g/mol. The third-order valence-electron chi connectivity index (χ3n) is 4.27. The summed E-state index contributed by atoms with van der Waals surface area (Å²) in [5.41, 5.74) is 0.137. The molecule has 1 heterocycles. The molecule has 0 radical (unpaired) electrons. The van der Waals surface area contributed by atoms with Crippen LogP contribution in [0.5, 0.6) is 0 Å². The zero-order valence-corrected chi connectivity index (χ0v) is 14.3. The summed E-state index contributed by atoms with van der Waals surface area (Å²) in [7, 11) is -4.36. The lowest BCUT2D eigenvalue weighted by Crippen LogP contribution is -2.23. The number of sulfonamides is 1. The van der Waals surface area contributed by atoms with Gasteiger partial charge in [0.05, 0.1) is 5.69 Å². The van der Waals surface area contributed by atoms with Crippen LogP contribution >= 0.6 is 11.3 Å². The van der Waals surface area contributed by atoms with Gasteiger partial charge in [-0.15, -0.1) is 0 Å². The topological polar surface area (TPSA) is 82.2 Å². The van der Waals surface area contributed by atoms with Crippen molar-refractivity contribution in [1.82, 2.24) is 4.57 Å². The fourth-order valence-electron chi connectivity index (χ4n) is 3.14. The molecule has 0 amide bonds. The summed E-state index contributed by atoms with van der Waals surface area (Å²) in [5, 5.41) is 6.36. The van der Waals surface area contributed by atoms with Gasteiger partial charge in [-0.3, -0.25) is 9.36 Å². The molecule has 0 spiro atoms. The van der Waals surface area contributed by atoms with Gasteiger partial charge in [-0.2, -0.15) is 0 Å². The van der Waals surface area contributed by atoms with Crippen molar-refractivity contribution >= 4 is 21.4 Å². The molecule has 2 N–H and O–H groups in total. The number of rotatable bonds is 3. The predicted molar refractivity (Wildman–Crippen MR) is 87.4 cm³/mol. The van der Waals surface area contributed by atoms with Crippen LogP contribution in [0.2, 0.25) is 0 Å². The van der Waals surface area contributed by atoms with Crippen LogP contribution in [0.3, 0.4) is 0 Å². The van der Waals surface area contributed by atoms with E-state index in [-0.39, 0.29) is 22.2 Å². The second-order valence-corrected chi connectivity index (χ2v) is 8.21. The Labute approximate surface area is 141 Å². The number of hydrogen-bond acceptors (Lipinski definition) is 4. The van der Waals surface area contributed by atoms with Crippen molar-refractivity contribution in [1.29, 1.82) is 0 Å². The average Bonchev–Trinajstić information content (AvgIpc) is 2.90. The van der Waals surface area contributed by atoms with E-state index < -0.39 is 26.6 Å². The molecule has 1 saturated carbocycles. The lowest BCUT2D eigenvalue weighted by molar-refractivity contribution is 0.352. The van der Waals surface area contributed by atoms with E-state index >= 15 is 0 Å². The van der Waals surface area contributed by atoms with Crippen LogP contribution in [0.25, 0.3) is 11.3 Å². The van der Waals surface area contributed by atoms with Crippen molar-refractivity contribution in [3.05, 3.63) is 38.8 Å². The van der Waals surface area contributed by atoms with Crippen LogP contribution in [0, 0.1) is 11.6 Å². The summed E-state index contributed by atoms with van der Waals surface area (Å²) in [5.74, 6) is -2.06. The van der Waals surface area contributed by atoms with Gasteiger partial charge in [-0.1, -0.05) is 30.6 Å². The normalized spacial score (nSPS) is 16.5. The highest BCUT2D eigenvalue weighted by Gasteiger charge is 2.25. The van der Waals surface area contributed by atoms with E-state index in [2.05, 4.69) is 0 Å². The van der Waals surface area contributed by atoms with E-state index in [1.807, 2.05) is 0 Å². The van der Waals surface area contributed by atoms with E-state index in [0.717, 1.165) is 49.5 Å². The summed E-state index contributed by atoms with van der Waals surface area (Å²) in [6.07, 6.45) is 4.67. The zero-order valence-electron chi connectivity index (χ0n) is 12.7. The molecule has 0 saturated heterocycles. The zero-order chi connectivity index (χ0) is 17.5. The molecular weight excluding hydrogens is 358 g/mol. The molecule has 130 valence electrons. The minimum absolute atomic E-state index is 0.0483. The summed E-state index contributed by atoms with van der Waals surface area (Å²) >= 11 is 0.919. The van der Waals surface area contributed by atoms with Crippen molar-refractivity contribution in [2.45, 2.75) is 43.0 Å². The maximum atomic E-state index is 14.4. The molecule has 0 bridgehead atoms. The van der Waals surface area contributed by atoms with Crippen molar-refractivity contribution < 1.29 is 17.2 Å². The molecule has 1 aliphatic rings. The molecule has 0 aliphatic heterocycles. The van der Waals surface area contributed by atoms with E-state index in [1.165, 1.54) is 9.95 Å². The van der Waals surface area contributed by atoms with Crippen molar-refractivity contribution in [2.24, 2.45) is 5.14 Å². The largest absolute Gasteiger partial charge is 0.307 e. The average molecular weight is 374 g/mol. The number of hydrogen-bond donors (Lipinski definition) is 1. The molecule has 24 heavy (non-hydrogen) atoms. The van der Waals surface area contributed by atoms with Gasteiger partial charge in [0.25, 0.3) is 0 Å². The number of halogens is 2. The van der Waals surface area contributed by atoms with E-state index in [4.69, 9.17) is 5.14 Å². The fourth-order valence-corrected chi connectivity index (χ4v) is 4.55. The molecule has 3 rings (SSSR count). The number of nitrogens with two attached hydrogens (primary N) is 1. The third-order valence-corrected chi connectivity index (χ3v) is 5.94. The summed E-state index contributed by atoms with van der Waals surface area (Å²) in [6, 6.07) is 1.30. The van der Waals surface area contributed by atoms with Gasteiger partial charge in [-0.05, 0) is 25.0 Å². The highest BCUT2D eigenvalue weighted by atomic mass is 32.2. The second kappa shape index (κ2) is 6.38. The predicted octanol–water partition coefficient (Wildman–Crippen LogP) is 3.01. The summed E-state index contributed by atoms with van der Waals surface area (Å²) in [6.45, 7) is 0. The van der Waals surface area contributed by atoms with Crippen molar-refractivity contribution in [3.8, 4) is 11.3 Å². The van der Waals surface area contributed by atoms with Crippen LogP contribution in [0.4, 0.5) is 8.78 Å². The first-order valence-electron chi connectivity index (χ1n) is 7.51. The van der Waals surface area contributed by atoms with E-state index in [0.29, 0.717) is 6.07 Å². The first-order chi connectivity index (χ1) is 11.3. The van der Waals surface area contributed by atoms with Gasteiger partial charge in [0, 0.05) is 17.0 Å². The Kier molecular flexibility index (Phi) is 4.58. The Balaban J connectivity index is 2.14. The van der Waals surface area contributed by atoms with E-state index in [1.54, 1.807) is 0 Å². The molecule has 1 fully saturated rings. The van der Waals surface area contributed by atoms with Crippen LogP contribution < -0.4 is 10.0 Å². The molecular formula is C15H16F2N2O3S2. The first-order valence-corrected chi connectivity index (χ1v) is 9.94. The number of primary sulfonamides is 1. The van der Waals surface area contributed by atoms with Crippen LogP contribution in [-0.4, -0.2) is 13.0 Å². The number of benzene rings is 1. The number of nitrogens with zero attached hydrogens (tertiary/aromatic N) is 1. The maximum absolute atomic E-state index is 14.4. The Bertz CT molecular complexity index is 929. The Morgan fingerprint density at radius 1 is 1.12 bits per heavy atom. The standard InChI is InChI=1S/C15H16F2N2O3S2/c16-11-7-14(24(18,21)22)12(17)6-10(11)13-8-23-15(20)19(13)9-4-2-1-3-5-9/h6-9H,1-5H2,(H2,18,21,22). The lowest BCUT2D eigenvalue weighted by Gasteiger charge is -2.24. The first kappa shape index (κ1) is 17.2.